The van der Waals surface area contributed by atoms with Gasteiger partial charge in [-0.1, -0.05) is 35.5 Å². The number of esters is 1. The van der Waals surface area contributed by atoms with Gasteiger partial charge in [0.1, 0.15) is 0 Å². The van der Waals surface area contributed by atoms with Crippen LogP contribution in [0, 0.1) is 0 Å². The van der Waals surface area contributed by atoms with Gasteiger partial charge in [0.05, 0.1) is 23.7 Å². The summed E-state index contributed by atoms with van der Waals surface area (Å²) in [7, 11) is 0. The van der Waals surface area contributed by atoms with Gasteiger partial charge in [0.2, 0.25) is 5.91 Å². The third-order valence-electron chi connectivity index (χ3n) is 5.15. The summed E-state index contributed by atoms with van der Waals surface area (Å²) in [6.45, 7) is 6.88. The molecule has 2 aromatic carbocycles. The van der Waals surface area contributed by atoms with Crippen LogP contribution in [0.15, 0.2) is 47.6 Å². The van der Waals surface area contributed by atoms with E-state index in [9.17, 15) is 14.7 Å². The minimum absolute atomic E-state index is 0.228. The molecule has 0 spiro atoms. The van der Waals surface area contributed by atoms with Gasteiger partial charge in [0.15, 0.2) is 11.5 Å². The molecule has 3 aromatic rings. The van der Waals surface area contributed by atoms with Crippen LogP contribution in [-0.2, 0) is 9.59 Å². The number of carbonyl (C=O) groups is 2. The molecule has 176 valence electrons. The van der Waals surface area contributed by atoms with E-state index in [1.807, 2.05) is 19.9 Å². The molecule has 0 N–H and O–H groups in total. The number of hydrogen-bond acceptors (Lipinski definition) is 8. The Morgan fingerprint density at radius 2 is 1.91 bits per heavy atom. The summed E-state index contributed by atoms with van der Waals surface area (Å²) in [6.07, 6.45) is -0.778. The molecule has 0 radical (unpaired) electrons. The summed E-state index contributed by atoms with van der Waals surface area (Å²) < 4.78 is 12.5. The predicted molar refractivity (Wildman–Crippen MR) is 124 cm³/mol. The first-order valence-electron chi connectivity index (χ1n) is 10.8. The van der Waals surface area contributed by atoms with Crippen LogP contribution in [0.4, 0.5) is 5.69 Å². The Kier molecular flexibility index (Phi) is 6.69. The van der Waals surface area contributed by atoms with Crippen molar-refractivity contribution in [2.24, 2.45) is 0 Å². The van der Waals surface area contributed by atoms with Crippen molar-refractivity contribution in [3.8, 4) is 28.6 Å². The van der Waals surface area contributed by atoms with Crippen molar-refractivity contribution in [2.75, 3.05) is 17.3 Å². The summed E-state index contributed by atoms with van der Waals surface area (Å²) in [5, 5.41) is 18.1. The largest absolute Gasteiger partial charge is 0.854 e. The highest BCUT2D eigenvalue weighted by molar-refractivity contribution is 7.99. The lowest BCUT2D eigenvalue weighted by Gasteiger charge is -2.33. The number of rotatable bonds is 6. The molecule has 2 heterocycles. The van der Waals surface area contributed by atoms with Gasteiger partial charge in [0, 0.05) is 24.5 Å². The Labute approximate surface area is 201 Å². The highest BCUT2D eigenvalue weighted by Crippen LogP contribution is 2.42. The fourth-order valence-electron chi connectivity index (χ4n) is 3.96. The predicted octanol–water partition coefficient (Wildman–Crippen LogP) is 2.85. The van der Waals surface area contributed by atoms with Gasteiger partial charge < -0.3 is 14.6 Å². The zero-order valence-electron chi connectivity index (χ0n) is 19.3. The molecule has 34 heavy (non-hydrogen) atoms. The van der Waals surface area contributed by atoms with Crippen LogP contribution in [0.25, 0.3) is 11.3 Å². The highest BCUT2D eigenvalue weighted by Gasteiger charge is 2.44. The first-order chi connectivity index (χ1) is 16.3. The third kappa shape index (κ3) is 4.28. The number of aromatic nitrogens is 3. The fraction of sp³-hybridized carbons (Fsp3) is 0.292. The Hall–Kier alpha value is -3.66. The molecular weight excluding hydrogens is 456 g/mol. The van der Waals surface area contributed by atoms with Gasteiger partial charge >= 0.3 is 5.97 Å². The molecule has 1 unspecified atom stereocenters. The quantitative estimate of drug-likeness (QED) is 0.229. The molecule has 1 amide bonds. The van der Waals surface area contributed by atoms with Crippen LogP contribution < -0.4 is 24.2 Å². The maximum Gasteiger partial charge on any atom is 0.308 e. The molecule has 1 aromatic heterocycles. The van der Waals surface area contributed by atoms with Gasteiger partial charge in [-0.05, 0) is 43.0 Å². The molecule has 9 nitrogen and oxygen atoms in total. The standard InChI is InChI=1S/C24H24N4O5S/c1-5-32-20-13-16(11-12-19(20)33-15(4)30)23-27(14(3)29)18-10-8-7-9-17(18)21-22(31)25-24(34-6-2)26-28(21)23/h7-13,23H,5-6H2,1-4H3. The maximum absolute atomic E-state index is 13.1. The van der Waals surface area contributed by atoms with Crippen LogP contribution in [0.3, 0.4) is 0 Å². The molecule has 4 rings (SSSR count). The lowest BCUT2D eigenvalue weighted by atomic mass is 10.0. The smallest absolute Gasteiger partial charge is 0.308 e. The first-order valence-corrected chi connectivity index (χ1v) is 11.8. The zero-order chi connectivity index (χ0) is 24.4. The average molecular weight is 481 g/mol. The van der Waals surface area contributed by atoms with E-state index in [2.05, 4.69) is 10.1 Å². The van der Waals surface area contributed by atoms with E-state index < -0.39 is 18.0 Å². The van der Waals surface area contributed by atoms with Crippen molar-refractivity contribution in [3.63, 3.8) is 0 Å². The number of carbonyl (C=O) groups excluding carboxylic acids is 2. The maximum atomic E-state index is 13.1. The van der Waals surface area contributed by atoms with E-state index in [-0.39, 0.29) is 11.7 Å². The summed E-state index contributed by atoms with van der Waals surface area (Å²) in [6, 6.07) is 12.2. The van der Waals surface area contributed by atoms with E-state index in [0.29, 0.717) is 45.8 Å². The Bertz CT molecular complexity index is 1270. The molecular formula is C24H24N4O5S. The molecule has 0 aliphatic carbocycles. The van der Waals surface area contributed by atoms with Crippen molar-refractivity contribution in [1.82, 2.24) is 10.1 Å². The van der Waals surface area contributed by atoms with Gasteiger partial charge in [-0.2, -0.15) is 0 Å². The summed E-state index contributed by atoms with van der Waals surface area (Å²) in [5.74, 6) is 0.168. The SMILES string of the molecule is CCOc1cc(C2N(C(C)=O)c3ccccc3-c3c([O-])nc(SCC)n[n+]32)ccc1OC(C)=O. The van der Waals surface area contributed by atoms with E-state index in [0.717, 1.165) is 0 Å². The minimum Gasteiger partial charge on any atom is -0.854 e. The van der Waals surface area contributed by atoms with Crippen LogP contribution in [0.5, 0.6) is 17.4 Å². The summed E-state index contributed by atoms with van der Waals surface area (Å²) >= 11 is 1.34. The number of amides is 1. The number of anilines is 1. The molecule has 1 aliphatic heterocycles. The van der Waals surface area contributed by atoms with Crippen molar-refractivity contribution in [2.45, 2.75) is 39.0 Å². The van der Waals surface area contributed by atoms with Crippen LogP contribution in [-0.4, -0.2) is 34.3 Å². The normalized spacial score (nSPS) is 14.2. The zero-order valence-corrected chi connectivity index (χ0v) is 20.1. The molecule has 0 saturated carbocycles. The van der Waals surface area contributed by atoms with Gasteiger partial charge in [-0.3, -0.25) is 9.59 Å². The van der Waals surface area contributed by atoms with Gasteiger partial charge in [0.25, 0.3) is 17.0 Å². The van der Waals surface area contributed by atoms with E-state index in [4.69, 9.17) is 9.47 Å². The molecule has 0 saturated heterocycles. The van der Waals surface area contributed by atoms with Crippen LogP contribution >= 0.6 is 11.8 Å². The van der Waals surface area contributed by atoms with Gasteiger partial charge in [-0.15, -0.1) is 0 Å². The lowest BCUT2D eigenvalue weighted by molar-refractivity contribution is -0.764. The second-order valence-corrected chi connectivity index (χ2v) is 8.67. The number of fused-ring (bicyclic) bond motifs is 3. The molecule has 1 aliphatic rings. The van der Waals surface area contributed by atoms with Crippen molar-refractivity contribution >= 4 is 29.3 Å². The topological polar surface area (TPSA) is 109 Å². The molecule has 0 fully saturated rings. The number of benzene rings is 2. The van der Waals surface area contributed by atoms with Crippen molar-refractivity contribution in [3.05, 3.63) is 48.0 Å². The van der Waals surface area contributed by atoms with Crippen molar-refractivity contribution in [1.29, 1.82) is 0 Å². The summed E-state index contributed by atoms with van der Waals surface area (Å²) in [5.41, 5.74) is 2.08. The molecule has 1 atom stereocenters. The Balaban J connectivity index is 1.99. The van der Waals surface area contributed by atoms with E-state index >= 15 is 0 Å². The third-order valence-corrected chi connectivity index (χ3v) is 5.87. The monoisotopic (exact) mass is 480 g/mol. The first kappa shape index (κ1) is 23.5. The van der Waals surface area contributed by atoms with E-state index in [1.54, 1.807) is 46.0 Å². The number of nitrogens with zero attached hydrogens (tertiary/aromatic N) is 4. The van der Waals surface area contributed by atoms with Gasteiger partial charge in [-0.25, -0.2) is 9.88 Å². The van der Waals surface area contributed by atoms with Crippen LogP contribution in [0.1, 0.15) is 39.4 Å². The lowest BCUT2D eigenvalue weighted by Crippen LogP contribution is -2.58. The number of thioether (sulfide) groups is 1. The highest BCUT2D eigenvalue weighted by atomic mass is 32.2. The minimum atomic E-state index is -0.778. The average Bonchev–Trinajstić information content (AvgIpc) is 2.79. The number of ether oxygens (including phenoxy) is 2. The molecule has 0 bridgehead atoms. The van der Waals surface area contributed by atoms with Crippen molar-refractivity contribution < 1.29 is 28.9 Å². The second kappa shape index (κ2) is 9.68. The Morgan fingerprint density at radius 3 is 2.59 bits per heavy atom. The Morgan fingerprint density at radius 1 is 1.15 bits per heavy atom. The summed E-state index contributed by atoms with van der Waals surface area (Å²) in [4.78, 5) is 30.3. The van der Waals surface area contributed by atoms with E-state index in [1.165, 1.54) is 25.6 Å². The fourth-order valence-corrected chi connectivity index (χ4v) is 4.51. The number of para-hydroxylation sites is 1. The molecule has 10 heteroatoms. The van der Waals surface area contributed by atoms with Crippen LogP contribution in [0.2, 0.25) is 0 Å². The second-order valence-electron chi connectivity index (χ2n) is 7.44. The number of hydrogen-bond donors (Lipinski definition) is 0.